The first-order valence-corrected chi connectivity index (χ1v) is 4.88. The average molecular weight is 286 g/mol. The Morgan fingerprint density at radius 3 is 2.56 bits per heavy atom. The number of hydrogen-bond donors (Lipinski definition) is 0. The molecule has 0 heterocycles. The van der Waals surface area contributed by atoms with Crippen LogP contribution in [0.25, 0.3) is 0 Å². The Balaban J connectivity index is 2.49. The summed E-state index contributed by atoms with van der Waals surface area (Å²) in [5.74, 6) is 0.0766. The molecule has 0 saturated carbocycles. The average Bonchev–Trinajstić information content (AvgIpc) is 2.22. The monoisotopic (exact) mass is 285 g/mol. The predicted octanol–water partition coefficient (Wildman–Crippen LogP) is 3.16. The van der Waals surface area contributed by atoms with Crippen molar-refractivity contribution in [3.8, 4) is 5.75 Å². The number of nitrogens with zero attached hydrogens (tertiary/aromatic N) is 1. The van der Waals surface area contributed by atoms with Crippen molar-refractivity contribution in [2.75, 3.05) is 13.4 Å². The van der Waals surface area contributed by atoms with E-state index in [1.807, 2.05) is 0 Å². The van der Waals surface area contributed by atoms with Crippen LogP contribution >= 0.6 is 11.6 Å². The highest BCUT2D eigenvalue weighted by Crippen LogP contribution is 2.28. The number of halogens is 4. The Hall–Kier alpha value is -1.54. The number of nitro benzene ring substituents is 1. The molecule has 0 radical (unpaired) electrons. The van der Waals surface area contributed by atoms with Gasteiger partial charge in [0.1, 0.15) is 17.4 Å². The summed E-state index contributed by atoms with van der Waals surface area (Å²) in [5.41, 5.74) is -0.319. The maximum atomic E-state index is 11.7. The Morgan fingerprint density at radius 1 is 1.39 bits per heavy atom. The number of benzene rings is 1. The van der Waals surface area contributed by atoms with Crippen LogP contribution in [0.15, 0.2) is 18.2 Å². The number of ether oxygens (including phenoxy) is 2. The number of hydrogen-bond acceptors (Lipinski definition) is 4. The van der Waals surface area contributed by atoms with E-state index >= 15 is 0 Å². The van der Waals surface area contributed by atoms with Crippen molar-refractivity contribution < 1.29 is 27.6 Å². The van der Waals surface area contributed by atoms with Crippen molar-refractivity contribution in [1.29, 1.82) is 0 Å². The lowest BCUT2D eigenvalue weighted by Gasteiger charge is -2.09. The van der Waals surface area contributed by atoms with Gasteiger partial charge in [0.2, 0.25) is 0 Å². The lowest BCUT2D eigenvalue weighted by molar-refractivity contribution is -0.384. The van der Waals surface area contributed by atoms with Gasteiger partial charge >= 0.3 is 6.18 Å². The summed E-state index contributed by atoms with van der Waals surface area (Å²) in [6, 6.07) is 3.42. The maximum Gasteiger partial charge on any atom is 0.411 e. The van der Waals surface area contributed by atoms with Gasteiger partial charge in [0.15, 0.2) is 6.79 Å². The van der Waals surface area contributed by atoms with Crippen molar-refractivity contribution in [3.63, 3.8) is 0 Å². The summed E-state index contributed by atoms with van der Waals surface area (Å²) >= 11 is 5.57. The fourth-order valence-corrected chi connectivity index (χ4v) is 1.23. The Morgan fingerprint density at radius 2 is 2.06 bits per heavy atom. The van der Waals surface area contributed by atoms with Crippen LogP contribution in [0.5, 0.6) is 5.75 Å². The normalized spacial score (nSPS) is 11.3. The number of nitro groups is 1. The summed E-state index contributed by atoms with van der Waals surface area (Å²) in [4.78, 5) is 9.75. The second-order valence-electron chi connectivity index (χ2n) is 3.10. The molecule has 9 heteroatoms. The molecule has 0 amide bonds. The summed E-state index contributed by atoms with van der Waals surface area (Å²) in [6.07, 6.45) is -4.43. The van der Waals surface area contributed by atoms with Crippen molar-refractivity contribution in [2.24, 2.45) is 0 Å². The molecule has 0 aliphatic rings. The van der Waals surface area contributed by atoms with Crippen LogP contribution in [0.1, 0.15) is 0 Å². The number of alkyl halides is 3. The molecule has 0 aliphatic carbocycles. The first kappa shape index (κ1) is 14.5. The summed E-state index contributed by atoms with van der Waals surface area (Å²) in [5, 5.41) is 10.3. The molecule has 0 unspecified atom stereocenters. The maximum absolute atomic E-state index is 11.7. The molecule has 5 nitrogen and oxygen atoms in total. The SMILES string of the molecule is O=[N+]([O-])c1ccc(OCOCC(F)(F)F)cc1Cl. The first-order valence-electron chi connectivity index (χ1n) is 4.51. The Labute approximate surface area is 104 Å². The smallest absolute Gasteiger partial charge is 0.411 e. The van der Waals surface area contributed by atoms with E-state index in [2.05, 4.69) is 4.74 Å². The van der Waals surface area contributed by atoms with E-state index in [9.17, 15) is 23.3 Å². The van der Waals surface area contributed by atoms with E-state index in [1.165, 1.54) is 6.07 Å². The molecular weight excluding hydrogens is 279 g/mol. The predicted molar refractivity (Wildman–Crippen MR) is 55.6 cm³/mol. The fraction of sp³-hybridized carbons (Fsp3) is 0.333. The van der Waals surface area contributed by atoms with Gasteiger partial charge in [-0.1, -0.05) is 11.6 Å². The van der Waals surface area contributed by atoms with Crippen LogP contribution in [0.2, 0.25) is 5.02 Å². The lowest BCUT2D eigenvalue weighted by atomic mass is 10.3. The summed E-state index contributed by atoms with van der Waals surface area (Å²) in [6.45, 7) is -2.07. The van der Waals surface area contributed by atoms with Gasteiger partial charge in [0, 0.05) is 12.1 Å². The van der Waals surface area contributed by atoms with Gasteiger partial charge in [0.05, 0.1) is 4.92 Å². The van der Waals surface area contributed by atoms with Gasteiger partial charge in [-0.15, -0.1) is 0 Å². The highest BCUT2D eigenvalue weighted by Gasteiger charge is 2.27. The zero-order chi connectivity index (χ0) is 13.8. The third kappa shape index (κ3) is 4.76. The molecule has 1 aromatic carbocycles. The molecule has 0 bridgehead atoms. The molecule has 0 N–H and O–H groups in total. The van der Waals surface area contributed by atoms with Gasteiger partial charge in [0.25, 0.3) is 5.69 Å². The molecule has 1 aromatic rings. The molecule has 0 aromatic heterocycles. The zero-order valence-electron chi connectivity index (χ0n) is 8.74. The molecule has 0 atom stereocenters. The Kier molecular flexibility index (Phi) is 4.74. The highest BCUT2D eigenvalue weighted by molar-refractivity contribution is 6.32. The van der Waals surface area contributed by atoms with Crippen molar-refractivity contribution >= 4 is 17.3 Å². The van der Waals surface area contributed by atoms with Crippen molar-refractivity contribution in [2.45, 2.75) is 6.18 Å². The lowest BCUT2D eigenvalue weighted by Crippen LogP contribution is -2.19. The van der Waals surface area contributed by atoms with E-state index < -0.39 is 24.5 Å². The second kappa shape index (κ2) is 5.87. The van der Waals surface area contributed by atoms with E-state index in [0.29, 0.717) is 0 Å². The van der Waals surface area contributed by atoms with Gasteiger partial charge < -0.3 is 9.47 Å². The summed E-state index contributed by atoms with van der Waals surface area (Å²) in [7, 11) is 0. The Bertz CT molecular complexity index is 438. The second-order valence-corrected chi connectivity index (χ2v) is 3.50. The third-order valence-corrected chi connectivity index (χ3v) is 1.99. The van der Waals surface area contributed by atoms with Crippen LogP contribution in [0.3, 0.4) is 0 Å². The van der Waals surface area contributed by atoms with Gasteiger partial charge in [-0.3, -0.25) is 10.1 Å². The van der Waals surface area contributed by atoms with E-state index in [-0.39, 0.29) is 16.5 Å². The first-order chi connectivity index (χ1) is 8.29. The minimum Gasteiger partial charge on any atom is -0.467 e. The fourth-order valence-electron chi connectivity index (χ4n) is 0.993. The van der Waals surface area contributed by atoms with Crippen LogP contribution in [0.4, 0.5) is 18.9 Å². The van der Waals surface area contributed by atoms with Crippen molar-refractivity contribution in [1.82, 2.24) is 0 Å². The zero-order valence-corrected chi connectivity index (χ0v) is 9.49. The third-order valence-electron chi connectivity index (χ3n) is 1.69. The largest absolute Gasteiger partial charge is 0.467 e. The summed E-state index contributed by atoms with van der Waals surface area (Å²) < 4.78 is 44.1. The van der Waals surface area contributed by atoms with E-state index in [4.69, 9.17) is 16.3 Å². The molecule has 1 rings (SSSR count). The highest BCUT2D eigenvalue weighted by atomic mass is 35.5. The van der Waals surface area contributed by atoms with E-state index in [0.717, 1.165) is 12.1 Å². The molecule has 100 valence electrons. The standard InChI is InChI=1S/C9H7ClF3NO4/c10-7-3-6(1-2-8(7)14(15)16)18-5-17-4-9(11,12)13/h1-3H,4-5H2. The molecular formula is C9H7ClF3NO4. The molecule has 18 heavy (non-hydrogen) atoms. The van der Waals surface area contributed by atoms with Crippen LogP contribution in [-0.2, 0) is 4.74 Å². The molecule has 0 aliphatic heterocycles. The minimum atomic E-state index is -4.43. The number of rotatable bonds is 5. The van der Waals surface area contributed by atoms with Gasteiger partial charge in [-0.05, 0) is 6.07 Å². The van der Waals surface area contributed by atoms with Crippen molar-refractivity contribution in [3.05, 3.63) is 33.3 Å². The van der Waals surface area contributed by atoms with Gasteiger partial charge in [-0.25, -0.2) is 0 Å². The quantitative estimate of drug-likeness (QED) is 0.361. The van der Waals surface area contributed by atoms with Gasteiger partial charge in [-0.2, -0.15) is 13.2 Å². The minimum absolute atomic E-state index is 0.0766. The topological polar surface area (TPSA) is 61.6 Å². The van der Waals surface area contributed by atoms with Crippen LogP contribution < -0.4 is 4.74 Å². The molecule has 0 fully saturated rings. The van der Waals surface area contributed by atoms with Crippen LogP contribution in [0, 0.1) is 10.1 Å². The molecule has 0 saturated heterocycles. The van der Waals surface area contributed by atoms with E-state index in [1.54, 1.807) is 0 Å². The molecule has 0 spiro atoms. The van der Waals surface area contributed by atoms with Crippen LogP contribution in [-0.4, -0.2) is 24.5 Å².